The number of anilines is 1. The van der Waals surface area contributed by atoms with Gasteiger partial charge in [-0.1, -0.05) is 12.5 Å². The van der Waals surface area contributed by atoms with E-state index in [0.29, 0.717) is 23.7 Å². The number of hydrogen-bond donors (Lipinski definition) is 1. The molecule has 1 aliphatic rings. The summed E-state index contributed by atoms with van der Waals surface area (Å²) in [6.07, 6.45) is 1.42. The van der Waals surface area contributed by atoms with Crippen molar-refractivity contribution in [2.24, 2.45) is 5.92 Å². The van der Waals surface area contributed by atoms with E-state index in [1.165, 1.54) is 19.2 Å². The molecule has 1 aromatic carbocycles. The van der Waals surface area contributed by atoms with E-state index in [-0.39, 0.29) is 5.69 Å². The molecule has 0 heterocycles. The summed E-state index contributed by atoms with van der Waals surface area (Å²) in [7, 11) is -2.66. The molecule has 0 aromatic heterocycles. The van der Waals surface area contributed by atoms with Gasteiger partial charge >= 0.3 is 5.97 Å². The summed E-state index contributed by atoms with van der Waals surface area (Å²) in [5.74, 6) is -1.94. The van der Waals surface area contributed by atoms with Crippen molar-refractivity contribution < 1.29 is 22.3 Å². The highest BCUT2D eigenvalue weighted by molar-refractivity contribution is 9.10. The molecular weight excluding hydrogens is 365 g/mol. The number of methoxy groups -OCH3 is 1. The highest BCUT2D eigenvalue weighted by Gasteiger charge is 2.42. The molecule has 0 bridgehead atoms. The van der Waals surface area contributed by atoms with Gasteiger partial charge in [-0.3, -0.25) is 9.52 Å². The second-order valence-corrected chi connectivity index (χ2v) is 7.60. The van der Waals surface area contributed by atoms with E-state index in [4.69, 9.17) is 0 Å². The molecule has 21 heavy (non-hydrogen) atoms. The average Bonchev–Trinajstić information content (AvgIpc) is 2.92. The Morgan fingerprint density at radius 1 is 1.43 bits per heavy atom. The van der Waals surface area contributed by atoms with Crippen LogP contribution < -0.4 is 4.72 Å². The van der Waals surface area contributed by atoms with Crippen LogP contribution in [0.3, 0.4) is 0 Å². The first-order chi connectivity index (χ1) is 9.86. The van der Waals surface area contributed by atoms with E-state index in [1.54, 1.807) is 0 Å². The lowest BCUT2D eigenvalue weighted by Gasteiger charge is -2.19. The molecule has 8 heteroatoms. The van der Waals surface area contributed by atoms with Crippen LogP contribution in [0.2, 0.25) is 0 Å². The van der Waals surface area contributed by atoms with Crippen LogP contribution in [0.1, 0.15) is 19.3 Å². The molecule has 1 aromatic rings. The van der Waals surface area contributed by atoms with Crippen LogP contribution in [-0.2, 0) is 19.6 Å². The van der Waals surface area contributed by atoms with Gasteiger partial charge in [-0.15, -0.1) is 0 Å². The van der Waals surface area contributed by atoms with Crippen molar-refractivity contribution >= 4 is 37.6 Å². The predicted molar refractivity (Wildman–Crippen MR) is 79.8 cm³/mol. The highest BCUT2D eigenvalue weighted by Crippen LogP contribution is 2.34. The lowest BCUT2D eigenvalue weighted by atomic mass is 10.1. The van der Waals surface area contributed by atoms with Crippen molar-refractivity contribution in [3.8, 4) is 0 Å². The van der Waals surface area contributed by atoms with Crippen molar-refractivity contribution in [3.63, 3.8) is 0 Å². The zero-order valence-electron chi connectivity index (χ0n) is 11.3. The quantitative estimate of drug-likeness (QED) is 0.816. The van der Waals surface area contributed by atoms with E-state index >= 15 is 0 Å². The zero-order valence-corrected chi connectivity index (χ0v) is 13.7. The third-order valence-electron chi connectivity index (χ3n) is 3.56. The first-order valence-corrected chi connectivity index (χ1v) is 8.74. The minimum Gasteiger partial charge on any atom is -0.469 e. The Labute approximate surface area is 131 Å². The predicted octanol–water partition coefficient (Wildman–Crippen LogP) is 2.67. The standard InChI is InChI=1S/C13H15BrFNO4S/c1-20-13(17)8-4-2-7-11(8)21(18,19)16-12-9(14)5-3-6-10(12)15/h3,5-6,8,11,16H,2,4,7H2,1H3. The minimum absolute atomic E-state index is 0.145. The second kappa shape index (κ2) is 6.31. The van der Waals surface area contributed by atoms with Gasteiger partial charge in [0.15, 0.2) is 0 Å². The Morgan fingerprint density at radius 2 is 2.14 bits per heavy atom. The maximum absolute atomic E-state index is 13.7. The molecule has 0 aliphatic heterocycles. The van der Waals surface area contributed by atoms with Crippen LogP contribution >= 0.6 is 15.9 Å². The zero-order chi connectivity index (χ0) is 15.6. The maximum atomic E-state index is 13.7. The van der Waals surface area contributed by atoms with Gasteiger partial charge in [0.05, 0.1) is 24.0 Å². The van der Waals surface area contributed by atoms with Crippen LogP contribution in [0.25, 0.3) is 0 Å². The third kappa shape index (κ3) is 3.37. The molecule has 0 amide bonds. The van der Waals surface area contributed by atoms with Crippen LogP contribution in [0.5, 0.6) is 0 Å². The maximum Gasteiger partial charge on any atom is 0.310 e. The number of hydrogen-bond acceptors (Lipinski definition) is 4. The summed E-state index contributed by atoms with van der Waals surface area (Å²) in [6.45, 7) is 0. The number of nitrogens with one attached hydrogen (secondary N) is 1. The first kappa shape index (κ1) is 16.2. The largest absolute Gasteiger partial charge is 0.469 e. The minimum atomic E-state index is -3.88. The lowest BCUT2D eigenvalue weighted by Crippen LogP contribution is -2.35. The Hall–Kier alpha value is -1.15. The average molecular weight is 380 g/mol. The lowest BCUT2D eigenvalue weighted by molar-refractivity contribution is -0.145. The molecule has 1 aliphatic carbocycles. The van der Waals surface area contributed by atoms with Gasteiger partial charge in [-0.2, -0.15) is 0 Å². The van der Waals surface area contributed by atoms with Crippen LogP contribution in [0.4, 0.5) is 10.1 Å². The molecule has 116 valence electrons. The number of rotatable bonds is 4. The molecule has 0 spiro atoms. The Morgan fingerprint density at radius 3 is 2.76 bits per heavy atom. The second-order valence-electron chi connectivity index (χ2n) is 4.84. The molecule has 1 N–H and O–H groups in total. The van der Waals surface area contributed by atoms with Crippen molar-refractivity contribution in [2.75, 3.05) is 11.8 Å². The molecular formula is C13H15BrFNO4S. The van der Waals surface area contributed by atoms with Gasteiger partial charge in [-0.05, 0) is 40.9 Å². The summed E-state index contributed by atoms with van der Waals surface area (Å²) in [5, 5.41) is -0.906. The van der Waals surface area contributed by atoms with Gasteiger partial charge in [0.2, 0.25) is 10.0 Å². The fourth-order valence-electron chi connectivity index (χ4n) is 2.53. The van der Waals surface area contributed by atoms with Gasteiger partial charge in [0, 0.05) is 4.47 Å². The van der Waals surface area contributed by atoms with Gasteiger partial charge in [0.25, 0.3) is 0 Å². The van der Waals surface area contributed by atoms with Crippen molar-refractivity contribution in [2.45, 2.75) is 24.5 Å². The molecule has 2 unspecified atom stereocenters. The molecule has 0 radical (unpaired) electrons. The number of ether oxygens (including phenoxy) is 1. The fraction of sp³-hybridized carbons (Fsp3) is 0.462. The Balaban J connectivity index is 2.28. The molecule has 1 saturated carbocycles. The molecule has 5 nitrogen and oxygen atoms in total. The summed E-state index contributed by atoms with van der Waals surface area (Å²) in [4.78, 5) is 11.7. The number of para-hydroxylation sites is 1. The Bertz CT molecular complexity index is 629. The molecule has 2 atom stereocenters. The topological polar surface area (TPSA) is 72.5 Å². The van der Waals surface area contributed by atoms with Crippen LogP contribution in [-0.4, -0.2) is 26.7 Å². The number of carbonyl (C=O) groups excluding carboxylic acids is 1. The van der Waals surface area contributed by atoms with E-state index < -0.39 is 33.0 Å². The van der Waals surface area contributed by atoms with E-state index in [1.807, 2.05) is 0 Å². The molecule has 1 fully saturated rings. The van der Waals surface area contributed by atoms with Crippen LogP contribution in [0.15, 0.2) is 22.7 Å². The number of carbonyl (C=O) groups is 1. The first-order valence-electron chi connectivity index (χ1n) is 6.40. The third-order valence-corrected chi connectivity index (χ3v) is 6.07. The monoisotopic (exact) mass is 379 g/mol. The van der Waals surface area contributed by atoms with Gasteiger partial charge in [0.1, 0.15) is 5.82 Å². The number of halogens is 2. The molecule has 0 saturated heterocycles. The summed E-state index contributed by atoms with van der Waals surface area (Å²) in [5.41, 5.74) is -0.145. The molecule has 2 rings (SSSR count). The number of sulfonamides is 1. The van der Waals surface area contributed by atoms with Crippen molar-refractivity contribution in [3.05, 3.63) is 28.5 Å². The van der Waals surface area contributed by atoms with E-state index in [0.717, 1.165) is 6.07 Å². The smallest absolute Gasteiger partial charge is 0.310 e. The summed E-state index contributed by atoms with van der Waals surface area (Å²) >= 11 is 3.11. The number of esters is 1. The SMILES string of the molecule is COC(=O)C1CCCC1S(=O)(=O)Nc1c(F)cccc1Br. The normalized spacial score (nSPS) is 22.0. The van der Waals surface area contributed by atoms with Gasteiger partial charge in [-0.25, -0.2) is 12.8 Å². The summed E-state index contributed by atoms with van der Waals surface area (Å²) in [6, 6.07) is 4.16. The van der Waals surface area contributed by atoms with Crippen LogP contribution in [0, 0.1) is 11.7 Å². The highest BCUT2D eigenvalue weighted by atomic mass is 79.9. The van der Waals surface area contributed by atoms with Crippen molar-refractivity contribution in [1.29, 1.82) is 0 Å². The van der Waals surface area contributed by atoms with Gasteiger partial charge < -0.3 is 4.74 Å². The summed E-state index contributed by atoms with van der Waals surface area (Å²) < 4.78 is 45.8. The Kier molecular flexibility index (Phi) is 4.88. The van der Waals surface area contributed by atoms with E-state index in [2.05, 4.69) is 25.4 Å². The number of benzene rings is 1. The fourth-order valence-corrected chi connectivity index (χ4v) is 4.90. The van der Waals surface area contributed by atoms with Crippen molar-refractivity contribution in [1.82, 2.24) is 0 Å². The van der Waals surface area contributed by atoms with E-state index in [9.17, 15) is 17.6 Å².